The number of hydrogen-bond acceptors (Lipinski definition) is 1. The molecule has 0 heterocycles. The molecule has 0 spiro atoms. The monoisotopic (exact) mass is 359 g/mol. The average Bonchev–Trinajstić information content (AvgIpc) is 2.67. The van der Waals surface area contributed by atoms with Crippen LogP contribution in [-0.4, -0.2) is 24.4 Å². The minimum absolute atomic E-state index is 1.20. The first kappa shape index (κ1) is 20.4. The van der Waals surface area contributed by atoms with Crippen LogP contribution >= 0.6 is 0 Å². The summed E-state index contributed by atoms with van der Waals surface area (Å²) in [4.78, 5) is 2.22. The fraction of sp³-hybridized carbons (Fsp3) is 0.240. The Labute approximate surface area is 164 Å². The van der Waals surface area contributed by atoms with E-state index in [9.17, 15) is 0 Å². The number of anilines is 1. The van der Waals surface area contributed by atoms with Crippen molar-refractivity contribution in [3.8, 4) is 0 Å². The molecular formula is C25H31N2+. The second kappa shape index (κ2) is 9.72. The highest BCUT2D eigenvalue weighted by Gasteiger charge is 2.08. The summed E-state index contributed by atoms with van der Waals surface area (Å²) in [6.07, 6.45) is 10.5. The first-order valence-corrected chi connectivity index (χ1v) is 9.35. The summed E-state index contributed by atoms with van der Waals surface area (Å²) in [5.41, 5.74) is 7.43. The van der Waals surface area contributed by atoms with Gasteiger partial charge in [-0.2, -0.15) is 4.58 Å². The first-order chi connectivity index (χ1) is 12.9. The Balaban J connectivity index is 2.06. The molecule has 0 amide bonds. The molecule has 0 fully saturated rings. The normalized spacial score (nSPS) is 13.3. The van der Waals surface area contributed by atoms with Crippen molar-refractivity contribution in [2.75, 3.05) is 19.0 Å². The van der Waals surface area contributed by atoms with Crippen LogP contribution < -0.4 is 4.90 Å². The minimum atomic E-state index is 1.20. The van der Waals surface area contributed by atoms with Crippen molar-refractivity contribution in [3.05, 3.63) is 95.7 Å². The number of hydrogen-bond donors (Lipinski definition) is 0. The van der Waals surface area contributed by atoms with Crippen molar-refractivity contribution in [1.29, 1.82) is 0 Å². The third-order valence-corrected chi connectivity index (χ3v) is 4.91. The zero-order chi connectivity index (χ0) is 19.8. The van der Waals surface area contributed by atoms with Crippen LogP contribution in [0, 0.1) is 13.8 Å². The highest BCUT2D eigenvalue weighted by atomic mass is 15.1. The van der Waals surface area contributed by atoms with Crippen molar-refractivity contribution in [1.82, 2.24) is 0 Å². The maximum absolute atomic E-state index is 2.22. The summed E-state index contributed by atoms with van der Waals surface area (Å²) in [5, 5.41) is 0. The molecule has 0 aliphatic rings. The van der Waals surface area contributed by atoms with Crippen LogP contribution in [0.5, 0.6) is 0 Å². The van der Waals surface area contributed by atoms with E-state index in [1.807, 2.05) is 0 Å². The van der Waals surface area contributed by atoms with Gasteiger partial charge in [-0.15, -0.1) is 0 Å². The van der Waals surface area contributed by atoms with Crippen molar-refractivity contribution in [2.45, 2.75) is 27.7 Å². The molecule has 2 rings (SSSR count). The third-order valence-electron chi connectivity index (χ3n) is 4.91. The van der Waals surface area contributed by atoms with Crippen molar-refractivity contribution >= 4 is 17.1 Å². The molecule has 0 aliphatic carbocycles. The summed E-state index contributed by atoms with van der Waals surface area (Å²) in [5.74, 6) is 0. The van der Waals surface area contributed by atoms with Crippen molar-refractivity contribution in [3.63, 3.8) is 0 Å². The van der Waals surface area contributed by atoms with Crippen LogP contribution in [0.15, 0.2) is 84.6 Å². The van der Waals surface area contributed by atoms with Gasteiger partial charge in [0.1, 0.15) is 7.05 Å². The van der Waals surface area contributed by atoms with E-state index in [4.69, 9.17) is 0 Å². The lowest BCUT2D eigenvalue weighted by atomic mass is 10.2. The van der Waals surface area contributed by atoms with Crippen LogP contribution in [0.2, 0.25) is 0 Å². The molecule has 0 saturated carbocycles. The lowest BCUT2D eigenvalue weighted by Gasteiger charge is -2.21. The van der Waals surface area contributed by atoms with Gasteiger partial charge in [0, 0.05) is 43.1 Å². The number of nitrogens with zero attached hydrogens (tertiary/aromatic N) is 2. The van der Waals surface area contributed by atoms with Gasteiger partial charge in [0.15, 0.2) is 5.71 Å². The second-order valence-electron chi connectivity index (χ2n) is 6.88. The molecule has 0 bridgehead atoms. The van der Waals surface area contributed by atoms with Gasteiger partial charge in [-0.3, -0.25) is 0 Å². The molecule has 0 atom stereocenters. The number of aryl methyl sites for hydroxylation is 2. The van der Waals surface area contributed by atoms with E-state index in [0.29, 0.717) is 0 Å². The SMILES string of the molecule is C\C(=C/C=C/C=C/C(C)=[N+](\C)c1ccccc1C)N(C)c1ccccc1C. The van der Waals surface area contributed by atoms with E-state index < -0.39 is 0 Å². The van der Waals surface area contributed by atoms with E-state index in [1.54, 1.807) is 0 Å². The molecule has 0 radical (unpaired) electrons. The molecular weight excluding hydrogens is 328 g/mol. The summed E-state index contributed by atoms with van der Waals surface area (Å²) in [6.45, 7) is 8.54. The summed E-state index contributed by atoms with van der Waals surface area (Å²) in [6, 6.07) is 16.9. The largest absolute Gasteiger partial charge is 0.348 e. The maximum atomic E-state index is 2.22. The van der Waals surface area contributed by atoms with Crippen LogP contribution in [0.4, 0.5) is 11.4 Å². The van der Waals surface area contributed by atoms with E-state index in [1.165, 1.54) is 33.9 Å². The molecule has 0 N–H and O–H groups in total. The maximum Gasteiger partial charge on any atom is 0.208 e. The zero-order valence-corrected chi connectivity index (χ0v) is 17.4. The second-order valence-corrected chi connectivity index (χ2v) is 6.88. The summed E-state index contributed by atoms with van der Waals surface area (Å²) in [7, 11) is 4.21. The van der Waals surface area contributed by atoms with Crippen LogP contribution in [0.1, 0.15) is 25.0 Å². The topological polar surface area (TPSA) is 6.25 Å². The van der Waals surface area contributed by atoms with Gasteiger partial charge in [-0.25, -0.2) is 0 Å². The standard InChI is InChI=1S/C25H31N2/c1-20-14-10-12-18-24(20)26(5)22(3)16-8-7-9-17-23(4)27(6)25-19-13-11-15-21(25)2/h7-19H,1-6H3/q+1. The van der Waals surface area contributed by atoms with Gasteiger partial charge in [0.2, 0.25) is 5.69 Å². The minimum Gasteiger partial charge on any atom is -0.348 e. The fourth-order valence-corrected chi connectivity index (χ4v) is 2.94. The number of benzene rings is 2. The molecule has 0 saturated heterocycles. The Hall–Kier alpha value is -2.87. The van der Waals surface area contributed by atoms with Crippen LogP contribution in [-0.2, 0) is 0 Å². The van der Waals surface area contributed by atoms with E-state index in [-0.39, 0.29) is 0 Å². The van der Waals surface area contributed by atoms with Crippen LogP contribution in [0.3, 0.4) is 0 Å². The van der Waals surface area contributed by atoms with Crippen molar-refractivity contribution in [2.24, 2.45) is 0 Å². The Morgan fingerprint density at radius 3 is 2.15 bits per heavy atom. The van der Waals surface area contributed by atoms with Gasteiger partial charge in [0.05, 0.1) is 0 Å². The Kier molecular flexibility index (Phi) is 7.36. The van der Waals surface area contributed by atoms with Gasteiger partial charge in [-0.05, 0) is 38.5 Å². The van der Waals surface area contributed by atoms with E-state index in [2.05, 4.69) is 130 Å². The average molecular weight is 360 g/mol. The molecule has 0 aliphatic heterocycles. The molecule has 27 heavy (non-hydrogen) atoms. The lowest BCUT2D eigenvalue weighted by Crippen LogP contribution is -2.14. The van der Waals surface area contributed by atoms with E-state index >= 15 is 0 Å². The molecule has 2 aromatic rings. The molecule has 2 aromatic carbocycles. The quantitative estimate of drug-likeness (QED) is 0.338. The molecule has 140 valence electrons. The molecule has 2 nitrogen and oxygen atoms in total. The number of para-hydroxylation sites is 2. The molecule has 0 aromatic heterocycles. The first-order valence-electron chi connectivity index (χ1n) is 9.35. The number of rotatable bonds is 6. The summed E-state index contributed by atoms with van der Waals surface area (Å²) < 4.78 is 2.22. The molecule has 0 unspecified atom stereocenters. The lowest BCUT2D eigenvalue weighted by molar-refractivity contribution is -0.405. The highest BCUT2D eigenvalue weighted by Crippen LogP contribution is 2.21. The zero-order valence-electron chi connectivity index (χ0n) is 17.4. The third kappa shape index (κ3) is 5.55. The number of allylic oxidation sites excluding steroid dienone is 6. The Morgan fingerprint density at radius 2 is 1.48 bits per heavy atom. The Morgan fingerprint density at radius 1 is 0.852 bits per heavy atom. The van der Waals surface area contributed by atoms with Crippen LogP contribution in [0.25, 0.3) is 0 Å². The van der Waals surface area contributed by atoms with Gasteiger partial charge in [-0.1, -0.05) is 54.6 Å². The van der Waals surface area contributed by atoms with Crippen molar-refractivity contribution < 1.29 is 4.58 Å². The van der Waals surface area contributed by atoms with Gasteiger partial charge >= 0.3 is 0 Å². The molecule has 2 heteroatoms. The highest BCUT2D eigenvalue weighted by molar-refractivity contribution is 5.89. The van der Waals surface area contributed by atoms with E-state index in [0.717, 1.165) is 0 Å². The summed E-state index contributed by atoms with van der Waals surface area (Å²) >= 11 is 0. The smallest absolute Gasteiger partial charge is 0.208 e. The van der Waals surface area contributed by atoms with Gasteiger partial charge < -0.3 is 4.90 Å². The Bertz CT molecular complexity index is 898. The van der Waals surface area contributed by atoms with Gasteiger partial charge in [0.25, 0.3) is 0 Å². The predicted molar refractivity (Wildman–Crippen MR) is 119 cm³/mol. The fourth-order valence-electron chi connectivity index (χ4n) is 2.94. The predicted octanol–water partition coefficient (Wildman–Crippen LogP) is 6.19.